The minimum absolute atomic E-state index is 0.0876. The van der Waals surface area contributed by atoms with Crippen LogP contribution in [0.5, 0.6) is 0 Å². The molecular weight excluding hydrogens is 376 g/mol. The molecule has 4 heteroatoms. The van der Waals surface area contributed by atoms with Crippen molar-refractivity contribution in [1.29, 1.82) is 0 Å². The molecule has 0 aliphatic carbocycles. The summed E-state index contributed by atoms with van der Waals surface area (Å²) in [6.07, 6.45) is 2.75. The molecule has 3 aromatic carbocycles. The lowest BCUT2D eigenvalue weighted by atomic mass is 10.0. The molecule has 0 saturated carbocycles. The van der Waals surface area contributed by atoms with Crippen LogP contribution in [0.2, 0.25) is 0 Å². The van der Waals surface area contributed by atoms with Gasteiger partial charge >= 0.3 is 0 Å². The van der Waals surface area contributed by atoms with Crippen LogP contribution in [0.15, 0.2) is 70.2 Å². The predicted molar refractivity (Wildman–Crippen MR) is 107 cm³/mol. The molecule has 0 saturated heterocycles. The summed E-state index contributed by atoms with van der Waals surface area (Å²) < 4.78 is 1.03. The van der Waals surface area contributed by atoms with Crippen LogP contribution >= 0.6 is 15.9 Å². The zero-order valence-electron chi connectivity index (χ0n) is 14.0. The van der Waals surface area contributed by atoms with Crippen molar-refractivity contribution in [2.45, 2.75) is 19.8 Å². The van der Waals surface area contributed by atoms with E-state index in [1.807, 2.05) is 43.3 Å². The lowest BCUT2D eigenvalue weighted by molar-refractivity contribution is -0.121. The lowest BCUT2D eigenvalue weighted by Crippen LogP contribution is -2.17. The van der Waals surface area contributed by atoms with E-state index in [1.165, 1.54) is 16.3 Å². The maximum Gasteiger partial charge on any atom is 0.240 e. The van der Waals surface area contributed by atoms with Crippen LogP contribution in [0.3, 0.4) is 0 Å². The molecule has 0 aliphatic rings. The van der Waals surface area contributed by atoms with Crippen molar-refractivity contribution in [3.63, 3.8) is 0 Å². The van der Waals surface area contributed by atoms with Crippen LogP contribution in [0, 0.1) is 6.92 Å². The van der Waals surface area contributed by atoms with E-state index in [-0.39, 0.29) is 5.91 Å². The van der Waals surface area contributed by atoms with Crippen molar-refractivity contribution in [3.8, 4) is 0 Å². The molecule has 3 aromatic rings. The van der Waals surface area contributed by atoms with E-state index in [2.05, 4.69) is 50.7 Å². The fraction of sp³-hybridized carbons (Fsp3) is 0.143. The third-order valence-electron chi connectivity index (χ3n) is 4.10. The Labute approximate surface area is 155 Å². The molecule has 0 spiro atoms. The van der Waals surface area contributed by atoms with Gasteiger partial charge < -0.3 is 0 Å². The molecule has 0 aromatic heterocycles. The third-order valence-corrected chi connectivity index (χ3v) is 4.95. The molecular formula is C21H19BrN2O. The first kappa shape index (κ1) is 17.4. The van der Waals surface area contributed by atoms with Crippen LogP contribution in [-0.2, 0) is 11.2 Å². The summed E-state index contributed by atoms with van der Waals surface area (Å²) in [5, 5.41) is 6.44. The number of hydrogen-bond donors (Lipinski definition) is 1. The lowest BCUT2D eigenvalue weighted by Gasteiger charge is -2.06. The van der Waals surface area contributed by atoms with Crippen LogP contribution < -0.4 is 5.43 Å². The molecule has 0 fully saturated rings. The molecule has 0 aliphatic heterocycles. The Balaban J connectivity index is 1.57. The number of carbonyl (C=O) groups is 1. The van der Waals surface area contributed by atoms with E-state index in [1.54, 1.807) is 6.21 Å². The first-order chi connectivity index (χ1) is 12.1. The average molecular weight is 395 g/mol. The minimum atomic E-state index is -0.0876. The molecule has 0 heterocycles. The second-order valence-corrected chi connectivity index (χ2v) is 6.79. The molecule has 3 rings (SSSR count). The number of nitrogens with zero attached hydrogens (tertiary/aromatic N) is 1. The predicted octanol–water partition coefficient (Wildman–Crippen LogP) is 4.99. The number of hydrogen-bond acceptors (Lipinski definition) is 2. The van der Waals surface area contributed by atoms with Gasteiger partial charge in [0.1, 0.15) is 0 Å². The van der Waals surface area contributed by atoms with Gasteiger partial charge in [0.15, 0.2) is 0 Å². The monoisotopic (exact) mass is 394 g/mol. The maximum atomic E-state index is 12.0. The van der Waals surface area contributed by atoms with Crippen molar-refractivity contribution < 1.29 is 4.79 Å². The zero-order chi connectivity index (χ0) is 17.6. The molecule has 0 radical (unpaired) electrons. The highest BCUT2D eigenvalue weighted by Gasteiger charge is 2.04. The van der Waals surface area contributed by atoms with E-state index >= 15 is 0 Å². The second kappa shape index (κ2) is 8.08. The summed E-state index contributed by atoms with van der Waals surface area (Å²) >= 11 is 3.49. The number of benzene rings is 3. The van der Waals surface area contributed by atoms with Gasteiger partial charge in [0.2, 0.25) is 5.91 Å². The average Bonchev–Trinajstić information content (AvgIpc) is 2.63. The summed E-state index contributed by atoms with van der Waals surface area (Å²) in [6.45, 7) is 2.03. The molecule has 1 amide bonds. The fourth-order valence-corrected chi connectivity index (χ4v) is 3.08. The summed E-state index contributed by atoms with van der Waals surface area (Å²) in [4.78, 5) is 12.0. The second-order valence-electron chi connectivity index (χ2n) is 5.94. The Morgan fingerprint density at radius 2 is 1.92 bits per heavy atom. The van der Waals surface area contributed by atoms with Crippen molar-refractivity contribution >= 4 is 38.8 Å². The highest BCUT2D eigenvalue weighted by atomic mass is 79.9. The Kier molecular flexibility index (Phi) is 5.61. The normalized spacial score (nSPS) is 11.1. The summed E-state index contributed by atoms with van der Waals surface area (Å²) in [5.74, 6) is -0.0876. The summed E-state index contributed by atoms with van der Waals surface area (Å²) in [7, 11) is 0. The van der Waals surface area contributed by atoms with E-state index in [0.717, 1.165) is 15.6 Å². The van der Waals surface area contributed by atoms with Gasteiger partial charge in [0, 0.05) is 10.9 Å². The van der Waals surface area contributed by atoms with E-state index in [9.17, 15) is 4.79 Å². The Hall–Kier alpha value is -2.46. The van der Waals surface area contributed by atoms with Crippen LogP contribution in [-0.4, -0.2) is 12.1 Å². The van der Waals surface area contributed by atoms with E-state index < -0.39 is 0 Å². The van der Waals surface area contributed by atoms with Gasteiger partial charge in [-0.25, -0.2) is 5.43 Å². The summed E-state index contributed by atoms with van der Waals surface area (Å²) in [6, 6.07) is 20.4. The van der Waals surface area contributed by atoms with Gasteiger partial charge in [-0.2, -0.15) is 5.10 Å². The van der Waals surface area contributed by atoms with E-state index in [0.29, 0.717) is 12.8 Å². The number of rotatable bonds is 5. The van der Waals surface area contributed by atoms with Gasteiger partial charge in [-0.1, -0.05) is 70.5 Å². The molecule has 0 unspecified atom stereocenters. The van der Waals surface area contributed by atoms with Crippen LogP contribution in [0.1, 0.15) is 23.1 Å². The van der Waals surface area contributed by atoms with Gasteiger partial charge in [-0.05, 0) is 46.9 Å². The van der Waals surface area contributed by atoms with Crippen LogP contribution in [0.25, 0.3) is 10.8 Å². The van der Waals surface area contributed by atoms with Crippen molar-refractivity contribution in [3.05, 3.63) is 81.8 Å². The van der Waals surface area contributed by atoms with Gasteiger partial charge in [0.05, 0.1) is 6.21 Å². The number of amides is 1. The molecule has 0 atom stereocenters. The molecule has 1 N–H and O–H groups in total. The smallest absolute Gasteiger partial charge is 0.240 e. The van der Waals surface area contributed by atoms with Crippen LogP contribution in [0.4, 0.5) is 0 Å². The number of fused-ring (bicyclic) bond motifs is 1. The third kappa shape index (κ3) is 4.54. The van der Waals surface area contributed by atoms with Crippen molar-refractivity contribution in [2.75, 3.05) is 0 Å². The molecule has 25 heavy (non-hydrogen) atoms. The number of carbonyl (C=O) groups excluding carboxylic acids is 1. The largest absolute Gasteiger partial charge is 0.273 e. The SMILES string of the molecule is Cc1ccc(/C=N\NC(=O)CCc2cccc3ccccc23)cc1Br. The number of nitrogens with one attached hydrogen (secondary N) is 1. The standard InChI is InChI=1S/C21H19BrN2O/c1-15-9-10-16(13-20(15)22)14-23-24-21(25)12-11-18-7-4-6-17-5-2-3-8-19(17)18/h2-10,13-14H,11-12H2,1H3,(H,24,25)/b23-14-. The number of hydrazone groups is 1. The van der Waals surface area contributed by atoms with Gasteiger partial charge in [-0.15, -0.1) is 0 Å². The molecule has 3 nitrogen and oxygen atoms in total. The number of aryl methyl sites for hydroxylation is 2. The quantitative estimate of drug-likeness (QED) is 0.480. The molecule has 0 bridgehead atoms. The van der Waals surface area contributed by atoms with Crippen molar-refractivity contribution in [2.24, 2.45) is 5.10 Å². The maximum absolute atomic E-state index is 12.0. The highest BCUT2D eigenvalue weighted by Crippen LogP contribution is 2.19. The van der Waals surface area contributed by atoms with E-state index in [4.69, 9.17) is 0 Å². The molecule has 126 valence electrons. The zero-order valence-corrected chi connectivity index (χ0v) is 15.6. The Bertz CT molecular complexity index is 929. The first-order valence-electron chi connectivity index (χ1n) is 8.18. The Morgan fingerprint density at radius 1 is 1.12 bits per heavy atom. The number of halogens is 1. The topological polar surface area (TPSA) is 41.5 Å². The minimum Gasteiger partial charge on any atom is -0.273 e. The van der Waals surface area contributed by atoms with Gasteiger partial charge in [-0.3, -0.25) is 4.79 Å². The highest BCUT2D eigenvalue weighted by molar-refractivity contribution is 9.10. The summed E-state index contributed by atoms with van der Waals surface area (Å²) in [5.41, 5.74) is 5.88. The first-order valence-corrected chi connectivity index (χ1v) is 8.97. The van der Waals surface area contributed by atoms with Crippen molar-refractivity contribution in [1.82, 2.24) is 5.43 Å². The van der Waals surface area contributed by atoms with Gasteiger partial charge in [0.25, 0.3) is 0 Å². The fourth-order valence-electron chi connectivity index (χ4n) is 2.68. The Morgan fingerprint density at radius 3 is 2.76 bits per heavy atom.